The highest BCUT2D eigenvalue weighted by molar-refractivity contribution is 5.70. The van der Waals surface area contributed by atoms with E-state index in [0.29, 0.717) is 19.1 Å². The fourth-order valence-electron chi connectivity index (χ4n) is 2.81. The summed E-state index contributed by atoms with van der Waals surface area (Å²) in [4.78, 5) is 27.0. The van der Waals surface area contributed by atoms with Gasteiger partial charge >= 0.3 is 12.1 Å². The van der Waals surface area contributed by atoms with E-state index in [1.165, 1.54) is 0 Å². The van der Waals surface area contributed by atoms with Crippen LogP contribution in [0.4, 0.5) is 4.79 Å². The average molecular weight is 298 g/mol. The molecule has 6 heteroatoms. The zero-order valence-corrected chi connectivity index (χ0v) is 13.2. The summed E-state index contributed by atoms with van der Waals surface area (Å²) < 4.78 is 5.44. The smallest absolute Gasteiger partial charge is 0.410 e. The molecule has 1 aliphatic carbocycles. The quantitative estimate of drug-likeness (QED) is 0.840. The summed E-state index contributed by atoms with van der Waals surface area (Å²) in [5, 5.41) is 9.02. The van der Waals surface area contributed by atoms with Crippen molar-refractivity contribution in [3.63, 3.8) is 0 Å². The molecule has 0 aromatic heterocycles. The first-order chi connectivity index (χ1) is 9.76. The van der Waals surface area contributed by atoms with Gasteiger partial charge in [0.2, 0.25) is 0 Å². The summed E-state index contributed by atoms with van der Waals surface area (Å²) in [5.41, 5.74) is -0.499. The number of carboxylic acid groups (broad SMARTS) is 1. The maximum Gasteiger partial charge on any atom is 0.410 e. The van der Waals surface area contributed by atoms with Gasteiger partial charge in [-0.15, -0.1) is 0 Å². The van der Waals surface area contributed by atoms with Gasteiger partial charge in [0.15, 0.2) is 0 Å². The van der Waals surface area contributed by atoms with Crippen molar-refractivity contribution >= 4 is 12.1 Å². The number of carbonyl (C=O) groups excluding carboxylic acids is 1. The summed E-state index contributed by atoms with van der Waals surface area (Å²) in [6.07, 6.45) is 3.72. The second-order valence-corrected chi connectivity index (χ2v) is 7.02. The molecule has 1 saturated heterocycles. The van der Waals surface area contributed by atoms with Crippen LogP contribution in [0.1, 0.15) is 46.5 Å². The highest BCUT2D eigenvalue weighted by atomic mass is 16.6. The predicted octanol–water partition coefficient (Wildman–Crippen LogP) is 1.93. The zero-order chi connectivity index (χ0) is 15.6. The number of ether oxygens (including phenoxy) is 1. The summed E-state index contributed by atoms with van der Waals surface area (Å²) in [7, 11) is 0. The van der Waals surface area contributed by atoms with Crippen molar-refractivity contribution in [3.8, 4) is 0 Å². The van der Waals surface area contributed by atoms with Crippen molar-refractivity contribution in [3.05, 3.63) is 0 Å². The third-order valence-electron chi connectivity index (χ3n) is 3.85. The van der Waals surface area contributed by atoms with Gasteiger partial charge in [-0.25, -0.2) is 4.79 Å². The Labute approximate surface area is 126 Å². The molecular weight excluding hydrogens is 272 g/mol. The Morgan fingerprint density at radius 2 is 1.95 bits per heavy atom. The summed E-state index contributed by atoms with van der Waals surface area (Å²) in [6.45, 7) is 6.97. The van der Waals surface area contributed by atoms with Crippen LogP contribution in [0, 0.1) is 0 Å². The minimum atomic E-state index is -0.802. The molecule has 2 aliphatic rings. The second-order valence-electron chi connectivity index (χ2n) is 7.02. The molecule has 1 saturated carbocycles. The van der Waals surface area contributed by atoms with Crippen LogP contribution in [0.3, 0.4) is 0 Å². The van der Waals surface area contributed by atoms with Crippen molar-refractivity contribution < 1.29 is 19.4 Å². The van der Waals surface area contributed by atoms with Crippen LogP contribution in [0.2, 0.25) is 0 Å². The summed E-state index contributed by atoms with van der Waals surface area (Å²) in [6, 6.07) is 0.446. The lowest BCUT2D eigenvalue weighted by Crippen LogP contribution is -2.46. The van der Waals surface area contributed by atoms with Crippen LogP contribution >= 0.6 is 0 Å². The van der Waals surface area contributed by atoms with E-state index in [1.807, 2.05) is 25.7 Å². The monoisotopic (exact) mass is 298 g/mol. The predicted molar refractivity (Wildman–Crippen MR) is 78.2 cm³/mol. The molecule has 120 valence electrons. The number of aliphatic carboxylic acids is 1. The average Bonchev–Trinajstić information content (AvgIpc) is 3.06. The molecule has 1 aliphatic heterocycles. The molecule has 0 spiro atoms. The number of nitrogens with zero attached hydrogens (tertiary/aromatic N) is 2. The molecule has 0 radical (unpaired) electrons. The molecule has 2 rings (SSSR count). The van der Waals surface area contributed by atoms with Gasteiger partial charge in [-0.05, 0) is 46.5 Å². The van der Waals surface area contributed by atoms with Gasteiger partial charge in [-0.3, -0.25) is 9.69 Å². The van der Waals surface area contributed by atoms with E-state index in [-0.39, 0.29) is 18.7 Å². The minimum absolute atomic E-state index is 0.0589. The lowest BCUT2D eigenvalue weighted by Gasteiger charge is -2.31. The fourth-order valence-corrected chi connectivity index (χ4v) is 2.81. The van der Waals surface area contributed by atoms with E-state index < -0.39 is 11.6 Å². The van der Waals surface area contributed by atoms with E-state index in [4.69, 9.17) is 9.84 Å². The molecule has 6 nitrogen and oxygen atoms in total. The summed E-state index contributed by atoms with van der Waals surface area (Å²) >= 11 is 0. The van der Waals surface area contributed by atoms with E-state index in [0.717, 1.165) is 25.7 Å². The van der Waals surface area contributed by atoms with Crippen molar-refractivity contribution in [2.75, 3.05) is 19.6 Å². The normalized spacial score (nSPS) is 22.7. The van der Waals surface area contributed by atoms with E-state index in [2.05, 4.69) is 0 Å². The molecule has 2 fully saturated rings. The molecule has 1 atom stereocenters. The Bertz CT molecular complexity index is 401. The number of likely N-dealkylation sites (tertiary alicyclic amines) is 1. The van der Waals surface area contributed by atoms with Crippen LogP contribution in [0.25, 0.3) is 0 Å². The third-order valence-corrected chi connectivity index (χ3v) is 3.85. The Morgan fingerprint density at radius 1 is 1.29 bits per heavy atom. The molecule has 0 unspecified atom stereocenters. The van der Waals surface area contributed by atoms with Gasteiger partial charge in [-0.2, -0.15) is 0 Å². The van der Waals surface area contributed by atoms with Gasteiger partial charge in [0.25, 0.3) is 0 Å². The second kappa shape index (κ2) is 6.22. The number of amides is 1. The van der Waals surface area contributed by atoms with E-state index in [1.54, 1.807) is 4.90 Å². The molecule has 1 heterocycles. The van der Waals surface area contributed by atoms with E-state index in [9.17, 15) is 9.59 Å². The van der Waals surface area contributed by atoms with Gasteiger partial charge in [0.05, 0.1) is 6.54 Å². The SMILES string of the molecule is CC(C)(C)OC(=O)N1CCC[C@H]1CN(CC(=O)O)C1CC1. The van der Waals surface area contributed by atoms with Crippen molar-refractivity contribution in [2.24, 2.45) is 0 Å². The van der Waals surface area contributed by atoms with Gasteiger partial charge < -0.3 is 14.7 Å². The fraction of sp³-hybridized carbons (Fsp3) is 0.867. The first kappa shape index (κ1) is 16.1. The maximum absolute atomic E-state index is 12.2. The van der Waals surface area contributed by atoms with Crippen molar-refractivity contribution in [1.82, 2.24) is 9.80 Å². The topological polar surface area (TPSA) is 70.1 Å². The van der Waals surface area contributed by atoms with Crippen LogP contribution in [-0.4, -0.2) is 64.3 Å². The Morgan fingerprint density at radius 3 is 2.48 bits per heavy atom. The first-order valence-corrected chi connectivity index (χ1v) is 7.72. The molecular formula is C15H26N2O4. The molecule has 21 heavy (non-hydrogen) atoms. The Balaban J connectivity index is 1.94. The van der Waals surface area contributed by atoms with Gasteiger partial charge in [0.1, 0.15) is 5.60 Å². The Hall–Kier alpha value is -1.30. The number of carbonyl (C=O) groups is 2. The van der Waals surface area contributed by atoms with Crippen LogP contribution < -0.4 is 0 Å². The third kappa shape index (κ3) is 4.88. The number of carboxylic acids is 1. The maximum atomic E-state index is 12.2. The minimum Gasteiger partial charge on any atom is -0.480 e. The number of hydrogen-bond acceptors (Lipinski definition) is 4. The molecule has 0 aromatic carbocycles. The largest absolute Gasteiger partial charge is 0.480 e. The van der Waals surface area contributed by atoms with Crippen molar-refractivity contribution in [2.45, 2.75) is 64.1 Å². The van der Waals surface area contributed by atoms with Gasteiger partial charge in [-0.1, -0.05) is 0 Å². The van der Waals surface area contributed by atoms with Crippen LogP contribution in [0.5, 0.6) is 0 Å². The zero-order valence-electron chi connectivity index (χ0n) is 13.2. The lowest BCUT2D eigenvalue weighted by molar-refractivity contribution is -0.138. The molecule has 1 N–H and O–H groups in total. The number of hydrogen-bond donors (Lipinski definition) is 1. The molecule has 0 bridgehead atoms. The van der Waals surface area contributed by atoms with Gasteiger partial charge in [0, 0.05) is 25.2 Å². The van der Waals surface area contributed by atoms with Crippen molar-refractivity contribution in [1.29, 1.82) is 0 Å². The lowest BCUT2D eigenvalue weighted by atomic mass is 10.2. The van der Waals surface area contributed by atoms with Crippen LogP contribution in [0.15, 0.2) is 0 Å². The highest BCUT2D eigenvalue weighted by Crippen LogP contribution is 2.29. The van der Waals surface area contributed by atoms with Crippen LogP contribution in [-0.2, 0) is 9.53 Å². The van der Waals surface area contributed by atoms with E-state index >= 15 is 0 Å². The standard InChI is InChI=1S/C15H26N2O4/c1-15(2,3)21-14(20)17-8-4-5-12(17)9-16(10-13(18)19)11-6-7-11/h11-12H,4-10H2,1-3H3,(H,18,19)/t12-/m0/s1. The summed E-state index contributed by atoms with van der Waals surface area (Å²) in [5.74, 6) is -0.802. The molecule has 0 aromatic rings. The highest BCUT2D eigenvalue weighted by Gasteiger charge is 2.37. The Kier molecular flexibility index (Phi) is 4.76. The number of rotatable bonds is 5. The molecule has 1 amide bonds. The first-order valence-electron chi connectivity index (χ1n) is 7.72.